The van der Waals surface area contributed by atoms with Crippen molar-refractivity contribution in [3.63, 3.8) is 0 Å². The molecule has 1 saturated carbocycles. The number of aromatic nitrogens is 1. The lowest BCUT2D eigenvalue weighted by Crippen LogP contribution is -2.29. The van der Waals surface area contributed by atoms with Gasteiger partial charge in [0.15, 0.2) is 0 Å². The van der Waals surface area contributed by atoms with Crippen molar-refractivity contribution in [3.8, 4) is 0 Å². The van der Waals surface area contributed by atoms with Gasteiger partial charge in [0.2, 0.25) is 0 Å². The Morgan fingerprint density at radius 3 is 2.83 bits per heavy atom. The van der Waals surface area contributed by atoms with E-state index in [1.54, 1.807) is 18.5 Å². The average Bonchev–Trinajstić information content (AvgIpc) is 2.06. The molecular weight excluding hydrogens is 152 g/mol. The summed E-state index contributed by atoms with van der Waals surface area (Å²) in [6, 6.07) is 1.78. The first-order chi connectivity index (χ1) is 5.79. The number of hydrogen-bond acceptors (Lipinski definition) is 3. The van der Waals surface area contributed by atoms with Gasteiger partial charge < -0.3 is 10.8 Å². The third-order valence-electron chi connectivity index (χ3n) is 2.52. The van der Waals surface area contributed by atoms with Crippen LogP contribution in [0.3, 0.4) is 0 Å². The highest BCUT2D eigenvalue weighted by molar-refractivity contribution is 5.47. The Labute approximate surface area is 71.2 Å². The third kappa shape index (κ3) is 1.06. The Morgan fingerprint density at radius 2 is 2.33 bits per heavy atom. The van der Waals surface area contributed by atoms with Crippen molar-refractivity contribution in [3.05, 3.63) is 24.0 Å². The lowest BCUT2D eigenvalue weighted by atomic mass is 9.77. The molecule has 2 atom stereocenters. The quantitative estimate of drug-likeness (QED) is 0.648. The lowest BCUT2D eigenvalue weighted by molar-refractivity contribution is 0.0663. The number of rotatable bonds is 1. The normalized spacial score (nSPS) is 28.1. The first-order valence-electron chi connectivity index (χ1n) is 4.16. The van der Waals surface area contributed by atoms with Crippen LogP contribution in [0.25, 0.3) is 0 Å². The average molecular weight is 164 g/mol. The van der Waals surface area contributed by atoms with Crippen molar-refractivity contribution in [2.24, 2.45) is 0 Å². The fourth-order valence-corrected chi connectivity index (χ4v) is 1.57. The molecule has 0 bridgehead atoms. The van der Waals surface area contributed by atoms with Crippen molar-refractivity contribution in [2.75, 3.05) is 5.73 Å². The first-order valence-corrected chi connectivity index (χ1v) is 4.16. The molecule has 0 aliphatic heterocycles. The molecule has 1 heterocycles. The molecule has 1 aromatic rings. The zero-order valence-corrected chi connectivity index (χ0v) is 6.77. The molecule has 12 heavy (non-hydrogen) atoms. The van der Waals surface area contributed by atoms with E-state index < -0.39 is 0 Å². The molecule has 3 nitrogen and oxygen atoms in total. The fraction of sp³-hybridized carbons (Fsp3) is 0.444. The maximum atomic E-state index is 9.40. The topological polar surface area (TPSA) is 59.1 Å². The third-order valence-corrected chi connectivity index (χ3v) is 2.52. The number of aliphatic hydroxyl groups is 1. The van der Waals surface area contributed by atoms with E-state index in [9.17, 15) is 5.11 Å². The number of hydrogen-bond donors (Lipinski definition) is 2. The maximum absolute atomic E-state index is 9.40. The summed E-state index contributed by atoms with van der Waals surface area (Å²) >= 11 is 0. The minimum atomic E-state index is -0.212. The summed E-state index contributed by atoms with van der Waals surface area (Å²) in [5.74, 6) is 0.221. The van der Waals surface area contributed by atoms with Crippen LogP contribution in [0.4, 0.5) is 5.69 Å². The number of anilines is 1. The smallest absolute Gasteiger partial charge is 0.0610 e. The van der Waals surface area contributed by atoms with Crippen LogP contribution in [0.15, 0.2) is 18.5 Å². The molecule has 0 spiro atoms. The molecule has 0 saturated heterocycles. The van der Waals surface area contributed by atoms with Crippen LogP contribution in [0.1, 0.15) is 24.3 Å². The van der Waals surface area contributed by atoms with Crippen molar-refractivity contribution in [1.29, 1.82) is 0 Å². The van der Waals surface area contributed by atoms with E-state index in [2.05, 4.69) is 4.98 Å². The molecule has 0 radical (unpaired) electrons. The Kier molecular flexibility index (Phi) is 1.73. The van der Waals surface area contributed by atoms with Gasteiger partial charge in [-0.05, 0) is 24.5 Å². The van der Waals surface area contributed by atoms with Gasteiger partial charge in [0.1, 0.15) is 0 Å². The standard InChI is InChI=1S/C9H12N2O/c10-8-3-4-11-5-7(8)6-1-2-9(6)12/h3-6,9,12H,1-2H2,(H2,10,11). The van der Waals surface area contributed by atoms with E-state index in [0.717, 1.165) is 24.1 Å². The van der Waals surface area contributed by atoms with Crippen LogP contribution < -0.4 is 5.73 Å². The van der Waals surface area contributed by atoms with Gasteiger partial charge in [0, 0.05) is 24.0 Å². The monoisotopic (exact) mass is 164 g/mol. The van der Waals surface area contributed by atoms with Gasteiger partial charge >= 0.3 is 0 Å². The van der Waals surface area contributed by atoms with E-state index in [-0.39, 0.29) is 12.0 Å². The predicted molar refractivity (Wildman–Crippen MR) is 46.6 cm³/mol. The first kappa shape index (κ1) is 7.55. The van der Waals surface area contributed by atoms with Crippen LogP contribution in [0.2, 0.25) is 0 Å². The predicted octanol–water partition coefficient (Wildman–Crippen LogP) is 0.902. The fourth-order valence-electron chi connectivity index (χ4n) is 1.57. The summed E-state index contributed by atoms with van der Waals surface area (Å²) in [5, 5.41) is 9.40. The van der Waals surface area contributed by atoms with Gasteiger partial charge in [0.05, 0.1) is 6.10 Å². The van der Waals surface area contributed by atoms with Gasteiger partial charge in [-0.2, -0.15) is 0 Å². The minimum absolute atomic E-state index is 0.212. The molecular formula is C9H12N2O. The van der Waals surface area contributed by atoms with Crippen LogP contribution in [0, 0.1) is 0 Å². The molecule has 1 fully saturated rings. The van der Waals surface area contributed by atoms with Gasteiger partial charge in [-0.25, -0.2) is 0 Å². The summed E-state index contributed by atoms with van der Waals surface area (Å²) < 4.78 is 0. The zero-order valence-electron chi connectivity index (χ0n) is 6.77. The Balaban J connectivity index is 2.27. The van der Waals surface area contributed by atoms with E-state index >= 15 is 0 Å². The minimum Gasteiger partial charge on any atom is -0.398 e. The van der Waals surface area contributed by atoms with Crippen molar-refractivity contribution < 1.29 is 5.11 Å². The van der Waals surface area contributed by atoms with Gasteiger partial charge in [-0.15, -0.1) is 0 Å². The highest BCUT2D eigenvalue weighted by Crippen LogP contribution is 2.38. The number of nitrogens with zero attached hydrogens (tertiary/aromatic N) is 1. The van der Waals surface area contributed by atoms with E-state index in [1.165, 1.54) is 0 Å². The molecule has 64 valence electrons. The van der Waals surface area contributed by atoms with Crippen LogP contribution >= 0.6 is 0 Å². The second-order valence-corrected chi connectivity index (χ2v) is 3.26. The van der Waals surface area contributed by atoms with Crippen molar-refractivity contribution in [1.82, 2.24) is 4.98 Å². The second kappa shape index (κ2) is 2.75. The number of nitrogens with two attached hydrogens (primary N) is 1. The van der Waals surface area contributed by atoms with Crippen molar-refractivity contribution >= 4 is 5.69 Å². The summed E-state index contributed by atoms with van der Waals surface area (Å²) in [5.41, 5.74) is 7.48. The SMILES string of the molecule is Nc1ccncc1C1CCC1O. The van der Waals surface area contributed by atoms with Crippen LogP contribution in [0.5, 0.6) is 0 Å². The van der Waals surface area contributed by atoms with Gasteiger partial charge in [-0.3, -0.25) is 4.98 Å². The summed E-state index contributed by atoms with van der Waals surface area (Å²) in [7, 11) is 0. The van der Waals surface area contributed by atoms with Crippen LogP contribution in [-0.4, -0.2) is 16.2 Å². The molecule has 0 aromatic carbocycles. The van der Waals surface area contributed by atoms with Crippen LogP contribution in [-0.2, 0) is 0 Å². The van der Waals surface area contributed by atoms with E-state index in [4.69, 9.17) is 5.73 Å². The Hall–Kier alpha value is -1.09. The maximum Gasteiger partial charge on any atom is 0.0610 e. The largest absolute Gasteiger partial charge is 0.398 e. The molecule has 2 unspecified atom stereocenters. The molecule has 3 N–H and O–H groups in total. The highest BCUT2D eigenvalue weighted by atomic mass is 16.3. The molecule has 1 aliphatic carbocycles. The molecule has 0 amide bonds. The highest BCUT2D eigenvalue weighted by Gasteiger charge is 2.31. The number of nitrogen functional groups attached to an aromatic ring is 1. The van der Waals surface area contributed by atoms with Crippen molar-refractivity contribution in [2.45, 2.75) is 24.9 Å². The number of pyridine rings is 1. The van der Waals surface area contributed by atoms with E-state index in [1.807, 2.05) is 0 Å². The molecule has 1 aromatic heterocycles. The second-order valence-electron chi connectivity index (χ2n) is 3.26. The molecule has 2 rings (SSSR count). The Morgan fingerprint density at radius 1 is 1.50 bits per heavy atom. The summed E-state index contributed by atoms with van der Waals surface area (Å²) in [4.78, 5) is 3.99. The zero-order chi connectivity index (χ0) is 8.55. The van der Waals surface area contributed by atoms with Gasteiger partial charge in [0.25, 0.3) is 0 Å². The molecule has 3 heteroatoms. The summed E-state index contributed by atoms with van der Waals surface area (Å²) in [6.45, 7) is 0. The van der Waals surface area contributed by atoms with E-state index in [0.29, 0.717) is 0 Å². The molecule has 1 aliphatic rings. The Bertz CT molecular complexity index is 288. The summed E-state index contributed by atoms with van der Waals surface area (Å²) in [6.07, 6.45) is 5.12. The van der Waals surface area contributed by atoms with Gasteiger partial charge in [-0.1, -0.05) is 0 Å². The lowest BCUT2D eigenvalue weighted by Gasteiger charge is -2.33. The number of aliphatic hydroxyl groups excluding tert-OH is 1.